The number of nitrogens with zero attached hydrogens (tertiary/aromatic N) is 2. The maximum atomic E-state index is 10.7. The molecule has 0 fully saturated rings. The molecule has 5 nitrogen and oxygen atoms in total. The number of aliphatic hydroxyl groups is 1. The molecule has 1 N–H and O–H groups in total. The van der Waals surface area contributed by atoms with Crippen LogP contribution in [0.2, 0.25) is 5.15 Å². The molecular formula is C10H11ClN2O3. The Morgan fingerprint density at radius 2 is 2.38 bits per heavy atom. The van der Waals surface area contributed by atoms with E-state index in [1.54, 1.807) is 19.1 Å². The molecule has 6 heteroatoms. The third kappa shape index (κ3) is 2.77. The highest BCUT2D eigenvalue weighted by Crippen LogP contribution is 2.28. The fourth-order valence-corrected chi connectivity index (χ4v) is 1.50. The Morgan fingerprint density at radius 1 is 1.69 bits per heavy atom. The number of rotatable bonds is 4. The first-order valence-corrected chi connectivity index (χ1v) is 5.02. The van der Waals surface area contributed by atoms with Crippen molar-refractivity contribution in [2.45, 2.75) is 13.3 Å². The summed E-state index contributed by atoms with van der Waals surface area (Å²) >= 11 is 5.64. The molecule has 1 aromatic heterocycles. The van der Waals surface area contributed by atoms with E-state index in [1.165, 1.54) is 6.20 Å². The normalized spacial score (nSPS) is 10.9. The van der Waals surface area contributed by atoms with Crippen LogP contribution in [0.4, 0.5) is 5.69 Å². The minimum atomic E-state index is -0.548. The van der Waals surface area contributed by atoms with Crippen LogP contribution in [-0.4, -0.2) is 21.6 Å². The average molecular weight is 243 g/mol. The fourth-order valence-electron chi connectivity index (χ4n) is 1.24. The van der Waals surface area contributed by atoms with Crippen LogP contribution in [0, 0.1) is 17.0 Å². The van der Waals surface area contributed by atoms with Gasteiger partial charge in [0.25, 0.3) is 0 Å². The molecule has 0 amide bonds. The average Bonchev–Trinajstić information content (AvgIpc) is 2.21. The van der Waals surface area contributed by atoms with Crippen molar-refractivity contribution in [3.8, 4) is 0 Å². The number of nitro groups is 1. The smallest absolute Gasteiger partial charge is 0.309 e. The summed E-state index contributed by atoms with van der Waals surface area (Å²) in [4.78, 5) is 13.9. The SMILES string of the molecule is Cc1c(C=CCCO)cnc(Cl)c1[N+](=O)[O-]. The van der Waals surface area contributed by atoms with Crippen LogP contribution in [0.15, 0.2) is 12.3 Å². The van der Waals surface area contributed by atoms with E-state index in [0.717, 1.165) is 0 Å². The monoisotopic (exact) mass is 242 g/mol. The zero-order valence-electron chi connectivity index (χ0n) is 8.68. The van der Waals surface area contributed by atoms with E-state index in [4.69, 9.17) is 16.7 Å². The van der Waals surface area contributed by atoms with Crippen LogP contribution in [0.1, 0.15) is 17.5 Å². The van der Waals surface area contributed by atoms with Gasteiger partial charge in [-0.25, -0.2) is 4.98 Å². The summed E-state index contributed by atoms with van der Waals surface area (Å²) in [5.41, 5.74) is 0.927. The van der Waals surface area contributed by atoms with E-state index in [0.29, 0.717) is 17.5 Å². The third-order valence-corrected chi connectivity index (χ3v) is 2.35. The molecule has 0 saturated carbocycles. The van der Waals surface area contributed by atoms with E-state index in [2.05, 4.69) is 4.98 Å². The molecule has 0 atom stereocenters. The van der Waals surface area contributed by atoms with Crippen molar-refractivity contribution < 1.29 is 10.0 Å². The molecule has 1 rings (SSSR count). The fraction of sp³-hybridized carbons (Fsp3) is 0.300. The van der Waals surface area contributed by atoms with Gasteiger partial charge in [-0.15, -0.1) is 0 Å². The molecule has 0 radical (unpaired) electrons. The van der Waals surface area contributed by atoms with Crippen molar-refractivity contribution in [2.75, 3.05) is 6.61 Å². The number of pyridine rings is 1. The summed E-state index contributed by atoms with van der Waals surface area (Å²) in [7, 11) is 0. The lowest BCUT2D eigenvalue weighted by Gasteiger charge is -2.02. The van der Waals surface area contributed by atoms with Gasteiger partial charge in [-0.1, -0.05) is 23.8 Å². The number of aromatic nitrogens is 1. The second-order valence-corrected chi connectivity index (χ2v) is 3.51. The first-order chi connectivity index (χ1) is 7.57. The van der Waals surface area contributed by atoms with Crippen molar-refractivity contribution in [2.24, 2.45) is 0 Å². The zero-order chi connectivity index (χ0) is 12.1. The predicted octanol–water partition coefficient (Wildman–Crippen LogP) is 2.35. The van der Waals surface area contributed by atoms with Crippen LogP contribution in [0.25, 0.3) is 6.08 Å². The minimum Gasteiger partial charge on any atom is -0.396 e. The van der Waals surface area contributed by atoms with E-state index in [1.807, 2.05) is 0 Å². The van der Waals surface area contributed by atoms with Crippen LogP contribution < -0.4 is 0 Å². The second-order valence-electron chi connectivity index (χ2n) is 3.15. The van der Waals surface area contributed by atoms with Gasteiger partial charge in [0.15, 0.2) is 0 Å². The Labute approximate surface area is 97.5 Å². The molecule has 0 bridgehead atoms. The molecule has 0 unspecified atom stereocenters. The van der Waals surface area contributed by atoms with Gasteiger partial charge in [0, 0.05) is 23.9 Å². The first kappa shape index (κ1) is 12.6. The highest BCUT2D eigenvalue weighted by atomic mass is 35.5. The zero-order valence-corrected chi connectivity index (χ0v) is 9.44. The molecule has 86 valence electrons. The van der Waals surface area contributed by atoms with Gasteiger partial charge >= 0.3 is 5.69 Å². The van der Waals surface area contributed by atoms with E-state index in [-0.39, 0.29) is 17.4 Å². The number of aliphatic hydroxyl groups excluding tert-OH is 1. The molecule has 0 aliphatic rings. The lowest BCUT2D eigenvalue weighted by molar-refractivity contribution is -0.385. The predicted molar refractivity (Wildman–Crippen MR) is 61.4 cm³/mol. The van der Waals surface area contributed by atoms with E-state index >= 15 is 0 Å². The Hall–Kier alpha value is -1.46. The number of hydrogen-bond donors (Lipinski definition) is 1. The second kappa shape index (κ2) is 5.58. The van der Waals surface area contributed by atoms with Gasteiger partial charge in [0.1, 0.15) is 0 Å². The quantitative estimate of drug-likeness (QED) is 0.500. The van der Waals surface area contributed by atoms with Crippen LogP contribution >= 0.6 is 11.6 Å². The standard InChI is InChI=1S/C10H11ClN2O3/c1-7-8(4-2-3-5-14)6-12-10(11)9(7)13(15)16/h2,4,6,14H,3,5H2,1H3. The summed E-state index contributed by atoms with van der Waals surface area (Å²) < 4.78 is 0. The summed E-state index contributed by atoms with van der Waals surface area (Å²) in [6.07, 6.45) is 5.37. The topological polar surface area (TPSA) is 76.3 Å². The Bertz CT molecular complexity index is 432. The Kier molecular flexibility index (Phi) is 4.39. The highest BCUT2D eigenvalue weighted by molar-refractivity contribution is 6.31. The Balaban J connectivity index is 3.13. The van der Waals surface area contributed by atoms with E-state index in [9.17, 15) is 10.1 Å². The summed E-state index contributed by atoms with van der Waals surface area (Å²) in [5.74, 6) is 0. The highest BCUT2D eigenvalue weighted by Gasteiger charge is 2.19. The number of hydrogen-bond acceptors (Lipinski definition) is 4. The van der Waals surface area contributed by atoms with Crippen LogP contribution in [0.5, 0.6) is 0 Å². The molecule has 0 aliphatic heterocycles. The largest absolute Gasteiger partial charge is 0.396 e. The van der Waals surface area contributed by atoms with Crippen molar-refractivity contribution in [1.82, 2.24) is 4.98 Å². The molecule has 0 spiro atoms. The Morgan fingerprint density at radius 3 is 2.94 bits per heavy atom. The van der Waals surface area contributed by atoms with Gasteiger partial charge in [0.2, 0.25) is 5.15 Å². The third-order valence-electron chi connectivity index (χ3n) is 2.08. The molecular weight excluding hydrogens is 232 g/mol. The minimum absolute atomic E-state index is 0.0403. The maximum Gasteiger partial charge on any atom is 0.309 e. The summed E-state index contributed by atoms with van der Waals surface area (Å²) in [6, 6.07) is 0. The van der Waals surface area contributed by atoms with Crippen molar-refractivity contribution in [1.29, 1.82) is 0 Å². The van der Waals surface area contributed by atoms with Crippen molar-refractivity contribution in [3.63, 3.8) is 0 Å². The summed E-state index contributed by atoms with van der Waals surface area (Å²) in [6.45, 7) is 1.66. The maximum absolute atomic E-state index is 10.7. The summed E-state index contributed by atoms with van der Waals surface area (Å²) in [5, 5.41) is 19.2. The van der Waals surface area contributed by atoms with Crippen molar-refractivity contribution >= 4 is 23.4 Å². The van der Waals surface area contributed by atoms with Gasteiger partial charge in [-0.3, -0.25) is 10.1 Å². The number of halogens is 1. The molecule has 16 heavy (non-hydrogen) atoms. The van der Waals surface area contributed by atoms with Crippen molar-refractivity contribution in [3.05, 3.63) is 38.7 Å². The molecule has 1 heterocycles. The van der Waals surface area contributed by atoms with Gasteiger partial charge in [-0.2, -0.15) is 0 Å². The van der Waals surface area contributed by atoms with E-state index < -0.39 is 4.92 Å². The molecule has 0 saturated heterocycles. The van der Waals surface area contributed by atoms with Gasteiger partial charge in [-0.05, 0) is 13.3 Å². The van der Waals surface area contributed by atoms with Gasteiger partial charge < -0.3 is 5.11 Å². The first-order valence-electron chi connectivity index (χ1n) is 4.64. The van der Waals surface area contributed by atoms with Crippen LogP contribution in [0.3, 0.4) is 0 Å². The molecule has 1 aromatic rings. The molecule has 0 aromatic carbocycles. The van der Waals surface area contributed by atoms with Gasteiger partial charge in [0.05, 0.1) is 4.92 Å². The molecule has 0 aliphatic carbocycles. The lowest BCUT2D eigenvalue weighted by atomic mass is 10.1. The van der Waals surface area contributed by atoms with Crippen LogP contribution in [-0.2, 0) is 0 Å². The lowest BCUT2D eigenvalue weighted by Crippen LogP contribution is -1.97.